The topological polar surface area (TPSA) is 55.4 Å². The van der Waals surface area contributed by atoms with Gasteiger partial charge in [-0.1, -0.05) is 30.3 Å². The number of benzene rings is 1. The molecule has 0 saturated carbocycles. The van der Waals surface area contributed by atoms with Gasteiger partial charge in [0, 0.05) is 12.7 Å². The van der Waals surface area contributed by atoms with Gasteiger partial charge >= 0.3 is 0 Å². The summed E-state index contributed by atoms with van der Waals surface area (Å²) >= 11 is 0. The fraction of sp³-hybridized carbons (Fsp3) is 0.647. The van der Waals surface area contributed by atoms with Crippen LogP contribution in [0.15, 0.2) is 30.3 Å². The first kappa shape index (κ1) is 15.5. The second kappa shape index (κ2) is 5.81. The van der Waals surface area contributed by atoms with Crippen molar-refractivity contribution < 1.29 is 28.4 Å². The van der Waals surface area contributed by atoms with Crippen molar-refractivity contribution >= 4 is 0 Å². The summed E-state index contributed by atoms with van der Waals surface area (Å²) in [5, 5.41) is 0. The van der Waals surface area contributed by atoms with E-state index in [9.17, 15) is 0 Å². The van der Waals surface area contributed by atoms with Crippen molar-refractivity contribution in [3.8, 4) is 0 Å². The van der Waals surface area contributed by atoms with E-state index < -0.39 is 18.4 Å². The Morgan fingerprint density at radius 2 is 1.74 bits per heavy atom. The van der Waals surface area contributed by atoms with Crippen LogP contribution in [0, 0.1) is 0 Å². The SMILES string of the molecule is COC1OC2COC(c3ccccc3)OC2C2OC(C)(C)OC12. The van der Waals surface area contributed by atoms with Gasteiger partial charge in [-0.25, -0.2) is 0 Å². The van der Waals surface area contributed by atoms with Crippen molar-refractivity contribution in [1.82, 2.24) is 0 Å². The van der Waals surface area contributed by atoms with E-state index in [0.29, 0.717) is 6.61 Å². The van der Waals surface area contributed by atoms with Crippen LogP contribution < -0.4 is 0 Å². The fourth-order valence-electron chi connectivity index (χ4n) is 3.46. The summed E-state index contributed by atoms with van der Waals surface area (Å²) in [6.07, 6.45) is -1.96. The highest BCUT2D eigenvalue weighted by Gasteiger charge is 2.57. The molecule has 0 aliphatic carbocycles. The molecule has 0 spiro atoms. The van der Waals surface area contributed by atoms with Gasteiger partial charge in [-0.3, -0.25) is 0 Å². The molecule has 0 amide bonds. The third kappa shape index (κ3) is 2.80. The Balaban J connectivity index is 1.57. The molecule has 3 aliphatic rings. The molecule has 3 saturated heterocycles. The van der Waals surface area contributed by atoms with Crippen molar-refractivity contribution in [2.75, 3.05) is 13.7 Å². The highest BCUT2D eigenvalue weighted by Crippen LogP contribution is 2.42. The summed E-state index contributed by atoms with van der Waals surface area (Å²) in [5.41, 5.74) is 0.981. The van der Waals surface area contributed by atoms with Crippen LogP contribution in [0.3, 0.4) is 0 Å². The molecule has 0 radical (unpaired) electrons. The predicted molar refractivity (Wildman–Crippen MR) is 79.5 cm³/mol. The van der Waals surface area contributed by atoms with Crippen LogP contribution in [-0.4, -0.2) is 50.2 Å². The van der Waals surface area contributed by atoms with E-state index in [1.165, 1.54) is 0 Å². The number of hydrogen-bond acceptors (Lipinski definition) is 6. The van der Waals surface area contributed by atoms with E-state index in [-0.39, 0.29) is 24.4 Å². The van der Waals surface area contributed by atoms with Gasteiger partial charge in [0.05, 0.1) is 6.61 Å². The van der Waals surface area contributed by atoms with E-state index in [4.69, 9.17) is 28.4 Å². The van der Waals surface area contributed by atoms with Crippen LogP contribution in [-0.2, 0) is 28.4 Å². The van der Waals surface area contributed by atoms with Gasteiger partial charge in [0.15, 0.2) is 18.4 Å². The Hall–Kier alpha value is -1.02. The minimum Gasteiger partial charge on any atom is -0.353 e. The van der Waals surface area contributed by atoms with Gasteiger partial charge in [0.2, 0.25) is 0 Å². The van der Waals surface area contributed by atoms with Crippen molar-refractivity contribution in [3.63, 3.8) is 0 Å². The summed E-state index contributed by atoms with van der Waals surface area (Å²) in [7, 11) is 1.61. The van der Waals surface area contributed by atoms with E-state index in [2.05, 4.69) is 0 Å². The summed E-state index contributed by atoms with van der Waals surface area (Å²) < 4.78 is 35.4. The van der Waals surface area contributed by atoms with Crippen LogP contribution in [0.2, 0.25) is 0 Å². The normalized spacial score (nSPS) is 42.0. The van der Waals surface area contributed by atoms with Gasteiger partial charge in [-0.05, 0) is 13.8 Å². The third-order valence-corrected chi connectivity index (χ3v) is 4.43. The summed E-state index contributed by atoms with van der Waals surface area (Å²) in [4.78, 5) is 0. The second-order valence-corrected chi connectivity index (χ2v) is 6.52. The lowest BCUT2D eigenvalue weighted by molar-refractivity contribution is -0.343. The molecule has 3 fully saturated rings. The molecule has 1 aromatic carbocycles. The average Bonchev–Trinajstić information content (AvgIpc) is 2.90. The maximum atomic E-state index is 6.17. The molecule has 6 atom stereocenters. The Morgan fingerprint density at radius 1 is 1.00 bits per heavy atom. The molecule has 0 N–H and O–H groups in total. The van der Waals surface area contributed by atoms with E-state index in [0.717, 1.165) is 5.56 Å². The average molecular weight is 322 g/mol. The first-order valence-corrected chi connectivity index (χ1v) is 7.93. The van der Waals surface area contributed by atoms with Gasteiger partial charge in [-0.15, -0.1) is 0 Å². The third-order valence-electron chi connectivity index (χ3n) is 4.43. The van der Waals surface area contributed by atoms with Crippen molar-refractivity contribution in [2.24, 2.45) is 0 Å². The molecule has 23 heavy (non-hydrogen) atoms. The maximum absolute atomic E-state index is 6.17. The van der Waals surface area contributed by atoms with E-state index in [1.54, 1.807) is 7.11 Å². The van der Waals surface area contributed by atoms with Gasteiger partial charge < -0.3 is 28.4 Å². The largest absolute Gasteiger partial charge is 0.353 e. The van der Waals surface area contributed by atoms with Crippen LogP contribution in [0.1, 0.15) is 25.7 Å². The molecule has 4 rings (SSSR count). The van der Waals surface area contributed by atoms with Crippen LogP contribution in [0.5, 0.6) is 0 Å². The molecular weight excluding hydrogens is 300 g/mol. The molecule has 126 valence electrons. The van der Waals surface area contributed by atoms with Crippen molar-refractivity contribution in [3.05, 3.63) is 35.9 Å². The lowest BCUT2D eigenvalue weighted by Gasteiger charge is -2.45. The summed E-state index contributed by atoms with van der Waals surface area (Å²) in [6.45, 7) is 4.21. The van der Waals surface area contributed by atoms with Crippen LogP contribution >= 0.6 is 0 Å². The van der Waals surface area contributed by atoms with Crippen molar-refractivity contribution in [2.45, 2.75) is 56.6 Å². The maximum Gasteiger partial charge on any atom is 0.186 e. The molecule has 1 aromatic rings. The minimum absolute atomic E-state index is 0.237. The Kier molecular flexibility index (Phi) is 3.91. The van der Waals surface area contributed by atoms with Crippen LogP contribution in [0.4, 0.5) is 0 Å². The minimum atomic E-state index is -0.686. The number of ether oxygens (including phenoxy) is 6. The first-order valence-electron chi connectivity index (χ1n) is 7.93. The Morgan fingerprint density at radius 3 is 2.48 bits per heavy atom. The van der Waals surface area contributed by atoms with Gasteiger partial charge in [0.25, 0.3) is 0 Å². The highest BCUT2D eigenvalue weighted by atomic mass is 16.8. The summed E-state index contributed by atoms with van der Waals surface area (Å²) in [6, 6.07) is 9.87. The van der Waals surface area contributed by atoms with Crippen LogP contribution in [0.25, 0.3) is 0 Å². The van der Waals surface area contributed by atoms with Gasteiger partial charge in [-0.2, -0.15) is 0 Å². The molecule has 3 heterocycles. The molecular formula is C17H22O6. The first-order chi connectivity index (χ1) is 11.1. The zero-order valence-electron chi connectivity index (χ0n) is 13.5. The summed E-state index contributed by atoms with van der Waals surface area (Å²) in [5.74, 6) is -0.686. The van der Waals surface area contributed by atoms with E-state index in [1.807, 2.05) is 44.2 Å². The van der Waals surface area contributed by atoms with Crippen molar-refractivity contribution in [1.29, 1.82) is 0 Å². The zero-order chi connectivity index (χ0) is 16.0. The molecule has 0 bridgehead atoms. The smallest absolute Gasteiger partial charge is 0.186 e. The lowest BCUT2D eigenvalue weighted by atomic mass is 9.98. The molecule has 3 aliphatic heterocycles. The molecule has 6 nitrogen and oxygen atoms in total. The second-order valence-electron chi connectivity index (χ2n) is 6.52. The number of methoxy groups -OCH3 is 1. The predicted octanol–water partition coefficient (Wildman–Crippen LogP) is 1.99. The fourth-order valence-corrected chi connectivity index (χ4v) is 3.46. The lowest BCUT2D eigenvalue weighted by Crippen LogP contribution is -2.61. The molecule has 6 unspecified atom stereocenters. The molecule has 0 aromatic heterocycles. The number of rotatable bonds is 2. The highest BCUT2D eigenvalue weighted by molar-refractivity contribution is 5.16. The Labute approximate surface area is 135 Å². The quantitative estimate of drug-likeness (QED) is 0.830. The standard InChI is InChI=1S/C17H22O6/c1-17(2)22-13-12-11(20-16(18-3)14(13)23-17)9-19-15(21-12)10-7-5-4-6-8-10/h4-8,11-16H,9H2,1-3H3. The monoisotopic (exact) mass is 322 g/mol. The number of fused-ring (bicyclic) bond motifs is 3. The molecule has 6 heteroatoms. The number of hydrogen-bond donors (Lipinski definition) is 0. The Bertz CT molecular complexity index is 547. The van der Waals surface area contributed by atoms with E-state index >= 15 is 0 Å². The van der Waals surface area contributed by atoms with Gasteiger partial charge in [0.1, 0.15) is 24.4 Å². The zero-order valence-corrected chi connectivity index (χ0v) is 13.5.